The van der Waals surface area contributed by atoms with Gasteiger partial charge in [-0.2, -0.15) is 0 Å². The Balaban J connectivity index is 1.88. The summed E-state index contributed by atoms with van der Waals surface area (Å²) in [5, 5.41) is 23.9. The average molecular weight is 360 g/mol. The van der Waals surface area contributed by atoms with Gasteiger partial charge in [0.1, 0.15) is 5.82 Å². The molecule has 0 saturated carbocycles. The molecular weight excluding hydrogens is 339 g/mol. The molecule has 3 rings (SSSR count). The Morgan fingerprint density at radius 3 is 2.81 bits per heavy atom. The lowest BCUT2D eigenvalue weighted by atomic mass is 10.0. The summed E-state index contributed by atoms with van der Waals surface area (Å²) in [6, 6.07) is 7.04. The first-order valence-corrected chi connectivity index (χ1v) is 8.54. The lowest BCUT2D eigenvalue weighted by molar-refractivity contribution is -0.384. The van der Waals surface area contributed by atoms with Crippen LogP contribution >= 0.6 is 0 Å². The van der Waals surface area contributed by atoms with Gasteiger partial charge in [-0.3, -0.25) is 10.1 Å². The van der Waals surface area contributed by atoms with Crippen molar-refractivity contribution in [3.8, 4) is 0 Å². The van der Waals surface area contributed by atoms with Crippen LogP contribution in [-0.4, -0.2) is 34.2 Å². The first kappa shape index (κ1) is 18.1. The van der Waals surface area contributed by atoms with Crippen molar-refractivity contribution < 1.29 is 14.4 Å². The molecule has 2 aromatic rings. The normalized spacial score (nSPS) is 16.3. The van der Waals surface area contributed by atoms with Crippen LogP contribution in [0.2, 0.25) is 0 Å². The van der Waals surface area contributed by atoms with Crippen LogP contribution in [0.15, 0.2) is 36.5 Å². The van der Waals surface area contributed by atoms with Crippen LogP contribution in [0.25, 0.3) is 0 Å². The van der Waals surface area contributed by atoms with Crippen LogP contribution in [0.3, 0.4) is 0 Å². The number of hydrogen-bond donors (Lipinski definition) is 2. The predicted molar refractivity (Wildman–Crippen MR) is 96.8 cm³/mol. The minimum Gasteiger partial charge on any atom is -0.393 e. The number of aliphatic hydroxyl groups excluding tert-OH is 1. The summed E-state index contributed by atoms with van der Waals surface area (Å²) < 4.78 is 13.9. The second-order valence-corrected chi connectivity index (χ2v) is 6.42. The van der Waals surface area contributed by atoms with Gasteiger partial charge < -0.3 is 15.3 Å². The first-order valence-electron chi connectivity index (χ1n) is 8.54. The number of benzene rings is 1. The van der Waals surface area contributed by atoms with Gasteiger partial charge in [0.2, 0.25) is 5.82 Å². The van der Waals surface area contributed by atoms with Gasteiger partial charge in [-0.25, -0.2) is 9.37 Å². The summed E-state index contributed by atoms with van der Waals surface area (Å²) in [6.45, 7) is 3.17. The number of aliphatic hydroxyl groups is 1. The highest BCUT2D eigenvalue weighted by Crippen LogP contribution is 2.33. The summed E-state index contributed by atoms with van der Waals surface area (Å²) in [5.74, 6) is -0.223. The fourth-order valence-electron chi connectivity index (χ4n) is 3.21. The van der Waals surface area contributed by atoms with E-state index in [0.29, 0.717) is 31.5 Å². The quantitative estimate of drug-likeness (QED) is 0.628. The van der Waals surface area contributed by atoms with E-state index in [9.17, 15) is 19.6 Å². The molecule has 0 amide bonds. The molecule has 1 atom stereocenters. The molecule has 0 bridgehead atoms. The van der Waals surface area contributed by atoms with Gasteiger partial charge in [0.25, 0.3) is 0 Å². The number of pyridine rings is 1. The second-order valence-electron chi connectivity index (χ2n) is 6.42. The Kier molecular flexibility index (Phi) is 5.32. The van der Waals surface area contributed by atoms with Crippen molar-refractivity contribution in [1.29, 1.82) is 0 Å². The molecule has 1 aliphatic heterocycles. The topological polar surface area (TPSA) is 91.5 Å². The Hall–Kier alpha value is -2.74. The standard InChI is InChI=1S/C18H21FN4O3/c1-12(21-18-17(23(25)26)3-2-8-20-18)15-11-13(19)4-5-16(15)22-9-6-14(24)7-10-22/h2-5,8,11-12,14,24H,6-7,9-10H2,1H3,(H,20,21)/t12-/m0/s1. The third-order valence-electron chi connectivity index (χ3n) is 4.60. The Morgan fingerprint density at radius 1 is 1.38 bits per heavy atom. The number of anilines is 2. The molecular formula is C18H21FN4O3. The zero-order chi connectivity index (χ0) is 18.7. The molecule has 0 unspecified atom stereocenters. The molecule has 26 heavy (non-hydrogen) atoms. The van der Waals surface area contributed by atoms with Gasteiger partial charge in [-0.05, 0) is 44.0 Å². The highest BCUT2D eigenvalue weighted by atomic mass is 19.1. The van der Waals surface area contributed by atoms with E-state index in [1.54, 1.807) is 6.07 Å². The van der Waals surface area contributed by atoms with Crippen molar-refractivity contribution in [2.24, 2.45) is 0 Å². The van der Waals surface area contributed by atoms with Gasteiger partial charge in [-0.1, -0.05) is 0 Å². The number of nitrogens with zero attached hydrogens (tertiary/aromatic N) is 3. The summed E-state index contributed by atoms with van der Waals surface area (Å²) in [4.78, 5) is 16.8. The number of piperidine rings is 1. The third-order valence-corrected chi connectivity index (χ3v) is 4.60. The fraction of sp³-hybridized carbons (Fsp3) is 0.389. The van der Waals surface area contributed by atoms with E-state index in [4.69, 9.17) is 0 Å². The number of halogens is 1. The van der Waals surface area contributed by atoms with Gasteiger partial charge >= 0.3 is 5.69 Å². The largest absolute Gasteiger partial charge is 0.393 e. The van der Waals surface area contributed by atoms with Crippen LogP contribution in [0.4, 0.5) is 21.6 Å². The maximum atomic E-state index is 13.9. The fourth-order valence-corrected chi connectivity index (χ4v) is 3.21. The highest BCUT2D eigenvalue weighted by Gasteiger charge is 2.23. The lowest BCUT2D eigenvalue weighted by Gasteiger charge is -2.34. The van der Waals surface area contributed by atoms with Crippen molar-refractivity contribution >= 4 is 17.2 Å². The van der Waals surface area contributed by atoms with Crippen molar-refractivity contribution in [3.63, 3.8) is 0 Å². The maximum Gasteiger partial charge on any atom is 0.311 e. The molecule has 7 nitrogen and oxygen atoms in total. The van der Waals surface area contributed by atoms with E-state index in [1.807, 2.05) is 6.92 Å². The number of rotatable bonds is 5. The third kappa shape index (κ3) is 3.91. The number of nitro groups is 1. The van der Waals surface area contributed by atoms with Gasteiger partial charge in [0, 0.05) is 36.6 Å². The van der Waals surface area contributed by atoms with E-state index in [-0.39, 0.29) is 29.5 Å². The van der Waals surface area contributed by atoms with E-state index in [2.05, 4.69) is 15.2 Å². The zero-order valence-corrected chi connectivity index (χ0v) is 14.4. The molecule has 0 aliphatic carbocycles. The van der Waals surface area contributed by atoms with Crippen LogP contribution in [-0.2, 0) is 0 Å². The highest BCUT2D eigenvalue weighted by molar-refractivity contribution is 5.60. The lowest BCUT2D eigenvalue weighted by Crippen LogP contribution is -2.36. The monoisotopic (exact) mass is 360 g/mol. The summed E-state index contributed by atoms with van der Waals surface area (Å²) >= 11 is 0. The Morgan fingerprint density at radius 2 is 2.12 bits per heavy atom. The van der Waals surface area contributed by atoms with E-state index >= 15 is 0 Å². The Bertz CT molecular complexity index is 794. The van der Waals surface area contributed by atoms with Crippen LogP contribution < -0.4 is 10.2 Å². The van der Waals surface area contributed by atoms with Crippen molar-refractivity contribution in [3.05, 3.63) is 58.0 Å². The molecule has 1 aliphatic rings. The molecule has 2 N–H and O–H groups in total. The number of hydrogen-bond acceptors (Lipinski definition) is 6. The van der Waals surface area contributed by atoms with E-state index in [1.165, 1.54) is 30.5 Å². The second kappa shape index (κ2) is 7.65. The SMILES string of the molecule is C[C@H](Nc1ncccc1[N+](=O)[O-])c1cc(F)ccc1N1CCC(O)CC1. The summed E-state index contributed by atoms with van der Waals surface area (Å²) in [5.41, 5.74) is 1.43. The molecule has 138 valence electrons. The molecule has 8 heteroatoms. The molecule has 0 spiro atoms. The molecule has 1 aromatic heterocycles. The van der Waals surface area contributed by atoms with Crippen LogP contribution in [0.1, 0.15) is 31.4 Å². The minimum absolute atomic E-state index is 0.126. The smallest absolute Gasteiger partial charge is 0.311 e. The molecule has 2 heterocycles. The van der Waals surface area contributed by atoms with Crippen molar-refractivity contribution in [2.75, 3.05) is 23.3 Å². The minimum atomic E-state index is -0.499. The predicted octanol–water partition coefficient (Wildman–Crippen LogP) is 3.26. The number of nitrogens with one attached hydrogen (secondary N) is 1. The van der Waals surface area contributed by atoms with E-state index < -0.39 is 4.92 Å². The molecule has 1 fully saturated rings. The Labute approximate surface area is 150 Å². The van der Waals surface area contributed by atoms with Gasteiger partial charge in [0.15, 0.2) is 0 Å². The molecule has 1 saturated heterocycles. The molecule has 1 aromatic carbocycles. The van der Waals surface area contributed by atoms with Crippen molar-refractivity contribution in [2.45, 2.75) is 31.9 Å². The molecule has 0 radical (unpaired) electrons. The van der Waals surface area contributed by atoms with Crippen molar-refractivity contribution in [1.82, 2.24) is 4.98 Å². The summed E-state index contributed by atoms with van der Waals surface area (Å²) in [7, 11) is 0. The first-order chi connectivity index (χ1) is 12.5. The average Bonchev–Trinajstić information content (AvgIpc) is 2.63. The van der Waals surface area contributed by atoms with Crippen LogP contribution in [0, 0.1) is 15.9 Å². The summed E-state index contributed by atoms with van der Waals surface area (Å²) in [6.07, 6.45) is 2.48. The van der Waals surface area contributed by atoms with Gasteiger partial charge in [0.05, 0.1) is 17.1 Å². The van der Waals surface area contributed by atoms with Gasteiger partial charge in [-0.15, -0.1) is 0 Å². The maximum absolute atomic E-state index is 13.9. The van der Waals surface area contributed by atoms with E-state index in [0.717, 1.165) is 5.69 Å². The van der Waals surface area contributed by atoms with Crippen LogP contribution in [0.5, 0.6) is 0 Å². The number of aromatic nitrogens is 1. The zero-order valence-electron chi connectivity index (χ0n) is 14.4.